The summed E-state index contributed by atoms with van der Waals surface area (Å²) in [7, 11) is 0. The van der Waals surface area contributed by atoms with E-state index in [4.69, 9.17) is 0 Å². The van der Waals surface area contributed by atoms with Gasteiger partial charge in [-0.1, -0.05) is 131 Å². The lowest BCUT2D eigenvalue weighted by Gasteiger charge is -2.61. The maximum absolute atomic E-state index is 2.63. The van der Waals surface area contributed by atoms with E-state index in [1.165, 1.54) is 107 Å². The van der Waals surface area contributed by atoms with Gasteiger partial charge in [0, 0.05) is 16.8 Å². The van der Waals surface area contributed by atoms with E-state index in [9.17, 15) is 0 Å². The van der Waals surface area contributed by atoms with Gasteiger partial charge >= 0.3 is 0 Å². The molecule has 0 amide bonds. The maximum Gasteiger partial charge on any atom is 0.0502 e. The molecule has 0 saturated heterocycles. The molecule has 0 N–H and O–H groups in total. The quantitative estimate of drug-likeness (QED) is 0.172. The molecule has 0 aromatic heterocycles. The summed E-state index contributed by atoms with van der Waals surface area (Å²) in [4.78, 5) is 2.61. The van der Waals surface area contributed by atoms with Crippen molar-refractivity contribution in [1.82, 2.24) is 0 Å². The van der Waals surface area contributed by atoms with E-state index in [-0.39, 0.29) is 16.2 Å². The Hall–Kier alpha value is -4.88. The zero-order chi connectivity index (χ0) is 37.1. The molecule has 1 spiro atoms. The second kappa shape index (κ2) is 12.1. The third kappa shape index (κ3) is 4.97. The van der Waals surface area contributed by atoms with Gasteiger partial charge in [-0.3, -0.25) is 0 Å². The molecule has 6 aromatic rings. The Bertz CT molecular complexity index is 2400. The molecule has 1 nitrogen and oxygen atoms in total. The zero-order valence-corrected chi connectivity index (χ0v) is 33.0. The smallest absolute Gasteiger partial charge is 0.0502 e. The normalized spacial score (nSPS) is 26.0. The predicted molar refractivity (Wildman–Crippen MR) is 231 cm³/mol. The Morgan fingerprint density at radius 2 is 1.02 bits per heavy atom. The molecule has 0 radical (unpaired) electrons. The van der Waals surface area contributed by atoms with E-state index >= 15 is 0 Å². The fourth-order valence-corrected chi connectivity index (χ4v) is 12.9. The first-order valence-electron chi connectivity index (χ1n) is 21.2. The Morgan fingerprint density at radius 1 is 0.436 bits per heavy atom. The van der Waals surface area contributed by atoms with Gasteiger partial charge in [-0.25, -0.2) is 0 Å². The molecule has 0 unspecified atom stereocenters. The van der Waals surface area contributed by atoms with Crippen molar-refractivity contribution in [3.8, 4) is 33.4 Å². The average molecular weight is 716 g/mol. The number of hydrogen-bond acceptors (Lipinski definition) is 1. The van der Waals surface area contributed by atoms with Gasteiger partial charge in [0.1, 0.15) is 0 Å². The number of rotatable bonds is 5. The molecule has 6 aliphatic rings. The van der Waals surface area contributed by atoms with Crippen LogP contribution in [0.3, 0.4) is 0 Å². The van der Waals surface area contributed by atoms with E-state index in [0.29, 0.717) is 0 Å². The Kier molecular flexibility index (Phi) is 7.34. The van der Waals surface area contributed by atoms with Crippen LogP contribution < -0.4 is 4.90 Å². The molecule has 0 atom stereocenters. The SMILES string of the molecule is CC1(C)CCC(C)(C)c2c(N(c3ccc(-c4ccccc4)cc3)c3ccc4c(c3)-c3ccc(-c5ccccc5)cc3C43C4CC5CC(C4)CC3C5)cccc21. The molecule has 4 bridgehead atoms. The molecule has 6 aromatic carbocycles. The summed E-state index contributed by atoms with van der Waals surface area (Å²) in [5.41, 5.74) is 18.5. The molecule has 6 aliphatic carbocycles. The summed E-state index contributed by atoms with van der Waals surface area (Å²) in [6, 6.07) is 53.6. The predicted octanol–water partition coefficient (Wildman–Crippen LogP) is 14.6. The van der Waals surface area contributed by atoms with Crippen LogP contribution in [-0.4, -0.2) is 0 Å². The monoisotopic (exact) mass is 715 g/mol. The van der Waals surface area contributed by atoms with Crippen LogP contribution in [0.25, 0.3) is 33.4 Å². The minimum atomic E-state index is 0.0608. The van der Waals surface area contributed by atoms with Crippen LogP contribution in [0.1, 0.15) is 94.9 Å². The summed E-state index contributed by atoms with van der Waals surface area (Å²) in [5.74, 6) is 3.30. The van der Waals surface area contributed by atoms with Crippen LogP contribution in [0.4, 0.5) is 17.1 Å². The van der Waals surface area contributed by atoms with E-state index in [0.717, 1.165) is 23.7 Å². The molecule has 4 saturated carbocycles. The second-order valence-electron chi connectivity index (χ2n) is 19.2. The third-order valence-electron chi connectivity index (χ3n) is 15.3. The minimum absolute atomic E-state index is 0.0608. The molecule has 12 rings (SSSR count). The lowest BCUT2D eigenvalue weighted by molar-refractivity contribution is -0.0399. The number of hydrogen-bond donors (Lipinski definition) is 0. The summed E-state index contributed by atoms with van der Waals surface area (Å²) < 4.78 is 0. The highest BCUT2D eigenvalue weighted by Crippen LogP contribution is 2.70. The Balaban J connectivity index is 1.13. The average Bonchev–Trinajstić information content (AvgIpc) is 3.49. The second-order valence-corrected chi connectivity index (χ2v) is 19.2. The molecule has 1 heteroatoms. The van der Waals surface area contributed by atoms with Crippen molar-refractivity contribution < 1.29 is 0 Å². The number of benzene rings is 6. The van der Waals surface area contributed by atoms with Crippen LogP contribution in [0.2, 0.25) is 0 Å². The molecule has 274 valence electrons. The van der Waals surface area contributed by atoms with E-state index < -0.39 is 0 Å². The first kappa shape index (κ1) is 33.5. The van der Waals surface area contributed by atoms with Crippen molar-refractivity contribution in [2.45, 2.75) is 88.9 Å². The van der Waals surface area contributed by atoms with Crippen LogP contribution in [-0.2, 0) is 16.2 Å². The third-order valence-corrected chi connectivity index (χ3v) is 15.3. The van der Waals surface area contributed by atoms with Gasteiger partial charge in [-0.15, -0.1) is 0 Å². The fraction of sp³-hybridized carbons (Fsp3) is 0.333. The van der Waals surface area contributed by atoms with Crippen molar-refractivity contribution in [2.75, 3.05) is 4.90 Å². The van der Waals surface area contributed by atoms with Gasteiger partial charge in [0.05, 0.1) is 5.69 Å². The highest BCUT2D eigenvalue weighted by Gasteiger charge is 2.61. The molecular weight excluding hydrogens is 663 g/mol. The Morgan fingerprint density at radius 3 is 1.69 bits per heavy atom. The first-order valence-corrected chi connectivity index (χ1v) is 21.2. The number of anilines is 3. The number of nitrogens with zero attached hydrogens (tertiary/aromatic N) is 1. The highest BCUT2D eigenvalue weighted by atomic mass is 15.1. The highest BCUT2D eigenvalue weighted by molar-refractivity contribution is 5.90. The van der Waals surface area contributed by atoms with Crippen molar-refractivity contribution in [3.05, 3.63) is 162 Å². The topological polar surface area (TPSA) is 3.24 Å². The lowest BCUT2D eigenvalue weighted by Crippen LogP contribution is -2.55. The van der Waals surface area contributed by atoms with Crippen LogP contribution in [0.15, 0.2) is 140 Å². The van der Waals surface area contributed by atoms with Gasteiger partial charge < -0.3 is 4.90 Å². The molecular formula is C54H53N. The maximum atomic E-state index is 2.63. The summed E-state index contributed by atoms with van der Waals surface area (Å²) in [6.45, 7) is 9.84. The van der Waals surface area contributed by atoms with Crippen molar-refractivity contribution in [1.29, 1.82) is 0 Å². The van der Waals surface area contributed by atoms with E-state index in [1.54, 1.807) is 11.1 Å². The Labute approximate surface area is 328 Å². The molecule has 55 heavy (non-hydrogen) atoms. The summed E-state index contributed by atoms with van der Waals surface area (Å²) in [6.07, 6.45) is 9.43. The lowest BCUT2D eigenvalue weighted by atomic mass is 9.43. The van der Waals surface area contributed by atoms with Crippen LogP contribution in [0.5, 0.6) is 0 Å². The van der Waals surface area contributed by atoms with Crippen LogP contribution >= 0.6 is 0 Å². The van der Waals surface area contributed by atoms with Crippen LogP contribution in [0, 0.1) is 23.7 Å². The molecule has 4 fully saturated rings. The molecule has 0 heterocycles. The van der Waals surface area contributed by atoms with Gasteiger partial charge in [-0.05, 0) is 171 Å². The van der Waals surface area contributed by atoms with Gasteiger partial charge in [0.15, 0.2) is 0 Å². The summed E-state index contributed by atoms with van der Waals surface area (Å²) >= 11 is 0. The van der Waals surface area contributed by atoms with Gasteiger partial charge in [0.25, 0.3) is 0 Å². The zero-order valence-electron chi connectivity index (χ0n) is 33.0. The minimum Gasteiger partial charge on any atom is -0.310 e. The fourth-order valence-electron chi connectivity index (χ4n) is 12.9. The largest absolute Gasteiger partial charge is 0.310 e. The van der Waals surface area contributed by atoms with E-state index in [1.807, 2.05) is 0 Å². The first-order chi connectivity index (χ1) is 26.7. The van der Waals surface area contributed by atoms with Crippen molar-refractivity contribution >= 4 is 17.1 Å². The van der Waals surface area contributed by atoms with Gasteiger partial charge in [-0.2, -0.15) is 0 Å². The van der Waals surface area contributed by atoms with Crippen molar-refractivity contribution in [2.24, 2.45) is 23.7 Å². The molecule has 0 aliphatic heterocycles. The standard InChI is InChI=1S/C54H53N/c1-52(2)26-27-53(3,4)51-48(52)16-11-17-50(51)55(43-21-18-39(19-22-43)37-12-7-5-8-13-37)44-23-25-47-46(34-44)45-24-20-40(38-14-9-6-10-15-38)33-49(45)54(47)41-29-35-28-36(31-41)32-42(54)30-35/h5-25,33-36,41-42H,26-32H2,1-4H3. The van der Waals surface area contributed by atoms with E-state index in [2.05, 4.69) is 172 Å². The van der Waals surface area contributed by atoms with Crippen molar-refractivity contribution in [3.63, 3.8) is 0 Å². The number of fused-ring (bicyclic) bond motifs is 4. The summed E-state index contributed by atoms with van der Waals surface area (Å²) in [5, 5.41) is 0. The van der Waals surface area contributed by atoms with Gasteiger partial charge in [0.2, 0.25) is 0 Å².